The molecule has 1 saturated heterocycles. The summed E-state index contributed by atoms with van der Waals surface area (Å²) in [5, 5.41) is 4.96. The summed E-state index contributed by atoms with van der Waals surface area (Å²) in [6.07, 6.45) is 2.04. The van der Waals surface area contributed by atoms with Crippen LogP contribution in [-0.4, -0.2) is 72.6 Å². The maximum atomic E-state index is 12.7. The lowest BCUT2D eigenvalue weighted by molar-refractivity contribution is 0.0937. The van der Waals surface area contributed by atoms with Gasteiger partial charge in [0.2, 0.25) is 0 Å². The molecule has 1 fully saturated rings. The molecule has 2 heterocycles. The number of rotatable bonds is 13. The van der Waals surface area contributed by atoms with Crippen LogP contribution in [-0.2, 0) is 5.75 Å². The molecule has 3 aromatic rings. The maximum Gasteiger partial charge on any atom is 0.251 e. The Bertz CT molecular complexity index is 1270. The molecule has 1 unspecified atom stereocenters. The highest BCUT2D eigenvalue weighted by Crippen LogP contribution is 2.27. The Morgan fingerprint density at radius 3 is 2.39 bits per heavy atom. The number of nitrogens with zero attached hydrogens (tertiary/aromatic N) is 5. The van der Waals surface area contributed by atoms with Gasteiger partial charge in [0, 0.05) is 60.3 Å². The zero-order valence-corrected chi connectivity index (χ0v) is 26.5. The van der Waals surface area contributed by atoms with Crippen LogP contribution in [0, 0.1) is 0 Å². The summed E-state index contributed by atoms with van der Waals surface area (Å²) in [6, 6.07) is 17.7. The summed E-state index contributed by atoms with van der Waals surface area (Å²) in [5.74, 6) is 1.50. The molecular weight excluding hydrogens is 575 g/mol. The van der Waals surface area contributed by atoms with Crippen LogP contribution in [0.5, 0.6) is 0 Å². The van der Waals surface area contributed by atoms with Gasteiger partial charge in [-0.05, 0) is 75.3 Å². The van der Waals surface area contributed by atoms with E-state index in [1.165, 1.54) is 0 Å². The number of halogens is 2. The maximum absolute atomic E-state index is 12.7. The lowest BCUT2D eigenvalue weighted by atomic mass is 10.1. The van der Waals surface area contributed by atoms with Crippen molar-refractivity contribution < 1.29 is 4.79 Å². The second-order valence-electron chi connectivity index (χ2n) is 10.3. The zero-order chi connectivity index (χ0) is 29.2. The molecule has 1 aliphatic rings. The molecule has 0 bridgehead atoms. The van der Waals surface area contributed by atoms with Crippen LogP contribution in [0.3, 0.4) is 0 Å². The minimum absolute atomic E-state index is 0.0298. The highest BCUT2D eigenvalue weighted by molar-refractivity contribution is 7.98. The van der Waals surface area contributed by atoms with Crippen molar-refractivity contribution >= 4 is 52.4 Å². The molecule has 0 spiro atoms. The first-order chi connectivity index (χ1) is 19.8. The van der Waals surface area contributed by atoms with Crippen molar-refractivity contribution in [1.29, 1.82) is 0 Å². The van der Waals surface area contributed by atoms with E-state index in [1.807, 2.05) is 48.5 Å². The van der Waals surface area contributed by atoms with E-state index in [9.17, 15) is 4.79 Å². The number of carbonyl (C=O) groups excluding carboxylic acids is 1. The van der Waals surface area contributed by atoms with Crippen LogP contribution in [0.4, 0.5) is 11.5 Å². The van der Waals surface area contributed by atoms with E-state index in [-0.39, 0.29) is 11.9 Å². The Kier molecular flexibility index (Phi) is 12.0. The van der Waals surface area contributed by atoms with Crippen molar-refractivity contribution in [3.63, 3.8) is 0 Å². The molecule has 41 heavy (non-hydrogen) atoms. The van der Waals surface area contributed by atoms with Crippen molar-refractivity contribution in [2.24, 2.45) is 0 Å². The third-order valence-corrected chi connectivity index (χ3v) is 8.75. The highest BCUT2D eigenvalue weighted by atomic mass is 35.5. The number of carbonyl (C=O) groups is 1. The summed E-state index contributed by atoms with van der Waals surface area (Å²) in [5.41, 5.74) is 2.91. The minimum Gasteiger partial charge on any atom is -0.368 e. The van der Waals surface area contributed by atoms with Crippen LogP contribution >= 0.6 is 35.0 Å². The standard InChI is InChI=1S/C31H40Cl2N6OS/c1-4-37(5-2)15-7-8-23(3)34-30(40)25-13-11-24(12-14-25)22-41-31-35-28(33)21-29(36-31)39-18-16-38(17-19-39)27-10-6-9-26(32)20-27/h6,9-14,20-21,23H,4-5,7-8,15-19,22H2,1-3H3,(H,34,40). The number of hydrogen-bond donors (Lipinski definition) is 1. The number of nitrogens with one attached hydrogen (secondary N) is 1. The van der Waals surface area contributed by atoms with E-state index in [0.717, 1.165) is 80.7 Å². The predicted molar refractivity (Wildman–Crippen MR) is 173 cm³/mol. The summed E-state index contributed by atoms with van der Waals surface area (Å²) in [6.45, 7) is 13.1. The van der Waals surface area contributed by atoms with Gasteiger partial charge in [-0.3, -0.25) is 4.79 Å². The van der Waals surface area contributed by atoms with Gasteiger partial charge < -0.3 is 20.0 Å². The molecule has 0 saturated carbocycles. The van der Waals surface area contributed by atoms with Gasteiger partial charge in [0.05, 0.1) is 0 Å². The Morgan fingerprint density at radius 1 is 1.00 bits per heavy atom. The van der Waals surface area contributed by atoms with E-state index in [1.54, 1.807) is 11.8 Å². The van der Waals surface area contributed by atoms with Crippen molar-refractivity contribution in [3.05, 3.63) is 75.9 Å². The Morgan fingerprint density at radius 2 is 1.71 bits per heavy atom. The van der Waals surface area contributed by atoms with Gasteiger partial charge in [-0.2, -0.15) is 0 Å². The molecule has 10 heteroatoms. The molecule has 0 aliphatic carbocycles. The van der Waals surface area contributed by atoms with Crippen molar-refractivity contribution in [2.45, 2.75) is 50.6 Å². The Hall–Kier alpha value is -2.52. The second kappa shape index (κ2) is 15.6. The van der Waals surface area contributed by atoms with Gasteiger partial charge in [0.15, 0.2) is 5.16 Å². The highest BCUT2D eigenvalue weighted by Gasteiger charge is 2.20. The van der Waals surface area contributed by atoms with Crippen molar-refractivity contribution in [1.82, 2.24) is 20.2 Å². The van der Waals surface area contributed by atoms with Crippen LogP contribution in [0.2, 0.25) is 10.2 Å². The normalized spacial score (nSPS) is 14.4. The SMILES string of the molecule is CCN(CC)CCCC(C)NC(=O)c1ccc(CSc2nc(Cl)cc(N3CCN(c4cccc(Cl)c4)CC3)n2)cc1. The van der Waals surface area contributed by atoms with E-state index in [4.69, 9.17) is 28.2 Å². The first-order valence-electron chi connectivity index (χ1n) is 14.4. The fourth-order valence-corrected chi connectivity index (χ4v) is 6.14. The third kappa shape index (κ3) is 9.50. The zero-order valence-electron chi connectivity index (χ0n) is 24.2. The monoisotopic (exact) mass is 614 g/mol. The Labute approximate surface area is 258 Å². The molecule has 220 valence electrons. The van der Waals surface area contributed by atoms with Gasteiger partial charge in [-0.25, -0.2) is 9.97 Å². The van der Waals surface area contributed by atoms with Crippen LogP contribution in [0.1, 0.15) is 49.5 Å². The number of aromatic nitrogens is 2. The first-order valence-corrected chi connectivity index (χ1v) is 16.1. The van der Waals surface area contributed by atoms with Gasteiger partial charge >= 0.3 is 0 Å². The van der Waals surface area contributed by atoms with E-state index in [0.29, 0.717) is 21.6 Å². The smallest absolute Gasteiger partial charge is 0.251 e. The Balaban J connectivity index is 1.26. The average molecular weight is 616 g/mol. The van der Waals surface area contributed by atoms with E-state index < -0.39 is 0 Å². The first kappa shape index (κ1) is 31.4. The number of amides is 1. The number of hydrogen-bond acceptors (Lipinski definition) is 7. The fourth-order valence-electron chi connectivity index (χ4n) is 4.92. The molecule has 1 atom stereocenters. The fraction of sp³-hybridized carbons (Fsp3) is 0.452. The molecular formula is C31H40Cl2N6OS. The topological polar surface area (TPSA) is 64.6 Å². The largest absolute Gasteiger partial charge is 0.368 e. The molecule has 1 amide bonds. The number of thioether (sulfide) groups is 1. The molecule has 2 aromatic carbocycles. The van der Waals surface area contributed by atoms with E-state index in [2.05, 4.69) is 51.8 Å². The van der Waals surface area contributed by atoms with Gasteiger partial charge in [-0.15, -0.1) is 0 Å². The molecule has 1 aliphatic heterocycles. The van der Waals surface area contributed by atoms with Crippen LogP contribution < -0.4 is 15.1 Å². The summed E-state index contributed by atoms with van der Waals surface area (Å²) < 4.78 is 0. The molecule has 7 nitrogen and oxygen atoms in total. The lowest BCUT2D eigenvalue weighted by Gasteiger charge is -2.36. The lowest BCUT2D eigenvalue weighted by Crippen LogP contribution is -2.46. The minimum atomic E-state index is -0.0298. The number of piperazine rings is 1. The van der Waals surface area contributed by atoms with Crippen molar-refractivity contribution in [2.75, 3.05) is 55.6 Å². The van der Waals surface area contributed by atoms with Gasteiger partial charge in [0.25, 0.3) is 5.91 Å². The van der Waals surface area contributed by atoms with E-state index >= 15 is 0 Å². The number of benzene rings is 2. The van der Waals surface area contributed by atoms with Crippen LogP contribution in [0.15, 0.2) is 59.8 Å². The number of anilines is 2. The summed E-state index contributed by atoms with van der Waals surface area (Å²) in [4.78, 5) is 28.9. The van der Waals surface area contributed by atoms with Gasteiger partial charge in [-0.1, -0.05) is 67.0 Å². The molecule has 1 N–H and O–H groups in total. The predicted octanol–water partition coefficient (Wildman–Crippen LogP) is 6.64. The average Bonchev–Trinajstić information content (AvgIpc) is 2.98. The molecule has 1 aromatic heterocycles. The van der Waals surface area contributed by atoms with Crippen molar-refractivity contribution in [3.8, 4) is 0 Å². The summed E-state index contributed by atoms with van der Waals surface area (Å²) in [7, 11) is 0. The quantitative estimate of drug-likeness (QED) is 0.131. The van der Waals surface area contributed by atoms with Gasteiger partial charge in [0.1, 0.15) is 11.0 Å². The third-order valence-electron chi connectivity index (χ3n) is 7.41. The second-order valence-corrected chi connectivity index (χ2v) is 12.1. The molecule has 4 rings (SSSR count). The summed E-state index contributed by atoms with van der Waals surface area (Å²) >= 11 is 14.1. The van der Waals surface area contributed by atoms with Crippen LogP contribution in [0.25, 0.3) is 0 Å². The molecule has 0 radical (unpaired) electrons.